The van der Waals surface area contributed by atoms with E-state index < -0.39 is 5.97 Å². The molecular formula is C17H14O2. The summed E-state index contributed by atoms with van der Waals surface area (Å²) >= 11 is 0. The lowest BCUT2D eigenvalue weighted by Crippen LogP contribution is -1.85. The van der Waals surface area contributed by atoms with Gasteiger partial charge in [-0.3, -0.25) is 0 Å². The van der Waals surface area contributed by atoms with Crippen molar-refractivity contribution in [2.45, 2.75) is 0 Å². The van der Waals surface area contributed by atoms with E-state index in [4.69, 9.17) is 5.11 Å². The number of rotatable bonds is 4. The van der Waals surface area contributed by atoms with Crippen LogP contribution in [0.1, 0.15) is 16.7 Å². The molecule has 0 radical (unpaired) electrons. The van der Waals surface area contributed by atoms with Crippen LogP contribution < -0.4 is 0 Å². The summed E-state index contributed by atoms with van der Waals surface area (Å²) in [7, 11) is 0. The van der Waals surface area contributed by atoms with Gasteiger partial charge in [-0.25, -0.2) is 4.79 Å². The highest BCUT2D eigenvalue weighted by Crippen LogP contribution is 2.10. The lowest BCUT2D eigenvalue weighted by atomic mass is 10.1. The minimum Gasteiger partial charge on any atom is -0.478 e. The van der Waals surface area contributed by atoms with Crippen molar-refractivity contribution in [2.24, 2.45) is 0 Å². The smallest absolute Gasteiger partial charge is 0.328 e. The third-order valence-corrected chi connectivity index (χ3v) is 2.62. The average molecular weight is 250 g/mol. The summed E-state index contributed by atoms with van der Waals surface area (Å²) in [5.41, 5.74) is 3.10. The minimum atomic E-state index is -0.937. The van der Waals surface area contributed by atoms with Crippen molar-refractivity contribution < 1.29 is 9.90 Å². The zero-order chi connectivity index (χ0) is 13.5. The van der Waals surface area contributed by atoms with Crippen LogP contribution in [-0.4, -0.2) is 11.1 Å². The molecular weight excluding hydrogens is 236 g/mol. The maximum atomic E-state index is 10.4. The fourth-order valence-electron chi connectivity index (χ4n) is 1.64. The van der Waals surface area contributed by atoms with Gasteiger partial charge in [-0.15, -0.1) is 0 Å². The Labute approximate surface area is 112 Å². The topological polar surface area (TPSA) is 37.3 Å². The summed E-state index contributed by atoms with van der Waals surface area (Å²) in [5.74, 6) is -0.937. The SMILES string of the molecule is O=C(O)C=Cc1ccc(C=Cc2ccccc2)cc1. The van der Waals surface area contributed by atoms with E-state index in [2.05, 4.69) is 0 Å². The van der Waals surface area contributed by atoms with E-state index in [-0.39, 0.29) is 0 Å². The molecule has 0 unspecified atom stereocenters. The van der Waals surface area contributed by atoms with Crippen molar-refractivity contribution >= 4 is 24.2 Å². The molecule has 0 saturated heterocycles. The molecule has 0 aliphatic rings. The van der Waals surface area contributed by atoms with Crippen LogP contribution in [0.2, 0.25) is 0 Å². The van der Waals surface area contributed by atoms with Gasteiger partial charge in [0.2, 0.25) is 0 Å². The highest BCUT2D eigenvalue weighted by molar-refractivity contribution is 5.85. The van der Waals surface area contributed by atoms with Crippen LogP contribution in [0.3, 0.4) is 0 Å². The van der Waals surface area contributed by atoms with Crippen LogP contribution in [0.15, 0.2) is 60.7 Å². The summed E-state index contributed by atoms with van der Waals surface area (Å²) in [6.07, 6.45) is 6.78. The molecule has 2 aromatic carbocycles. The number of hydrogen-bond donors (Lipinski definition) is 1. The number of aliphatic carboxylic acids is 1. The Morgan fingerprint density at radius 2 is 1.21 bits per heavy atom. The van der Waals surface area contributed by atoms with E-state index in [9.17, 15) is 4.79 Å². The maximum absolute atomic E-state index is 10.4. The first-order valence-corrected chi connectivity index (χ1v) is 5.98. The highest BCUT2D eigenvalue weighted by Gasteiger charge is 1.91. The first-order chi connectivity index (χ1) is 9.24. The largest absolute Gasteiger partial charge is 0.478 e. The van der Waals surface area contributed by atoms with Gasteiger partial charge in [-0.1, -0.05) is 66.7 Å². The van der Waals surface area contributed by atoms with Gasteiger partial charge in [-0.2, -0.15) is 0 Å². The summed E-state index contributed by atoms with van der Waals surface area (Å²) in [6.45, 7) is 0. The molecule has 0 atom stereocenters. The van der Waals surface area contributed by atoms with Crippen LogP contribution >= 0.6 is 0 Å². The van der Waals surface area contributed by atoms with Gasteiger partial charge in [0, 0.05) is 6.08 Å². The average Bonchev–Trinajstić information content (AvgIpc) is 2.45. The Morgan fingerprint density at radius 3 is 1.74 bits per heavy atom. The van der Waals surface area contributed by atoms with Gasteiger partial charge in [0.05, 0.1) is 0 Å². The van der Waals surface area contributed by atoms with Gasteiger partial charge in [-0.05, 0) is 22.8 Å². The molecule has 0 amide bonds. The van der Waals surface area contributed by atoms with E-state index >= 15 is 0 Å². The van der Waals surface area contributed by atoms with E-state index in [0.29, 0.717) is 0 Å². The van der Waals surface area contributed by atoms with Gasteiger partial charge in [0.1, 0.15) is 0 Å². The fraction of sp³-hybridized carbons (Fsp3) is 0. The number of benzene rings is 2. The van der Waals surface area contributed by atoms with Gasteiger partial charge in [0.15, 0.2) is 0 Å². The normalized spacial score (nSPS) is 11.2. The van der Waals surface area contributed by atoms with Gasteiger partial charge < -0.3 is 5.11 Å². The van der Waals surface area contributed by atoms with Crippen LogP contribution in [0.4, 0.5) is 0 Å². The van der Waals surface area contributed by atoms with E-state index in [1.54, 1.807) is 6.08 Å². The predicted molar refractivity (Wildman–Crippen MR) is 78.5 cm³/mol. The third-order valence-electron chi connectivity index (χ3n) is 2.62. The fourth-order valence-corrected chi connectivity index (χ4v) is 1.64. The Hall–Kier alpha value is -2.61. The second kappa shape index (κ2) is 6.36. The standard InChI is InChI=1S/C17H14O2/c18-17(19)13-12-16-10-8-15(9-11-16)7-6-14-4-2-1-3-5-14/h1-13H,(H,18,19). The quantitative estimate of drug-likeness (QED) is 0.659. The molecule has 0 spiro atoms. The molecule has 0 aromatic heterocycles. The van der Waals surface area contributed by atoms with Crippen LogP contribution in [0, 0.1) is 0 Å². The Kier molecular flexibility index (Phi) is 4.29. The van der Waals surface area contributed by atoms with Crippen molar-refractivity contribution in [1.29, 1.82) is 0 Å². The third kappa shape index (κ3) is 4.28. The molecule has 0 saturated carbocycles. The molecule has 0 bridgehead atoms. The molecule has 0 aliphatic heterocycles. The van der Waals surface area contributed by atoms with Crippen LogP contribution in [-0.2, 0) is 4.79 Å². The molecule has 0 aliphatic carbocycles. The molecule has 1 N–H and O–H groups in total. The summed E-state index contributed by atoms with van der Waals surface area (Å²) in [6, 6.07) is 17.8. The molecule has 2 rings (SSSR count). The van der Waals surface area contributed by atoms with Crippen molar-refractivity contribution in [3.05, 3.63) is 77.4 Å². The first kappa shape index (κ1) is 12.8. The monoisotopic (exact) mass is 250 g/mol. The second-order valence-corrected chi connectivity index (χ2v) is 4.08. The number of carboxylic acid groups (broad SMARTS) is 1. The zero-order valence-corrected chi connectivity index (χ0v) is 10.4. The van der Waals surface area contributed by atoms with Crippen molar-refractivity contribution in [2.75, 3.05) is 0 Å². The molecule has 2 heteroatoms. The second-order valence-electron chi connectivity index (χ2n) is 4.08. The number of carbonyl (C=O) groups is 1. The summed E-state index contributed by atoms with van der Waals surface area (Å²) in [5, 5.41) is 8.54. The molecule has 94 valence electrons. The van der Waals surface area contributed by atoms with Crippen molar-refractivity contribution in [1.82, 2.24) is 0 Å². The maximum Gasteiger partial charge on any atom is 0.328 e. The van der Waals surface area contributed by atoms with E-state index in [1.807, 2.05) is 66.7 Å². The summed E-state index contributed by atoms with van der Waals surface area (Å²) < 4.78 is 0. The van der Waals surface area contributed by atoms with E-state index in [0.717, 1.165) is 22.8 Å². The minimum absolute atomic E-state index is 0.874. The lowest BCUT2D eigenvalue weighted by Gasteiger charge is -1.96. The van der Waals surface area contributed by atoms with Gasteiger partial charge >= 0.3 is 5.97 Å². The van der Waals surface area contributed by atoms with Crippen LogP contribution in [0.25, 0.3) is 18.2 Å². The van der Waals surface area contributed by atoms with Crippen molar-refractivity contribution in [3.63, 3.8) is 0 Å². The van der Waals surface area contributed by atoms with E-state index in [1.165, 1.54) is 0 Å². The Balaban J connectivity index is 2.07. The number of hydrogen-bond acceptors (Lipinski definition) is 1. The van der Waals surface area contributed by atoms with Gasteiger partial charge in [0.25, 0.3) is 0 Å². The van der Waals surface area contributed by atoms with Crippen molar-refractivity contribution in [3.8, 4) is 0 Å². The molecule has 0 fully saturated rings. The molecule has 0 heterocycles. The Morgan fingerprint density at radius 1 is 0.737 bits per heavy atom. The molecule has 19 heavy (non-hydrogen) atoms. The predicted octanol–water partition coefficient (Wildman–Crippen LogP) is 3.95. The first-order valence-electron chi connectivity index (χ1n) is 5.98. The molecule has 2 nitrogen and oxygen atoms in total. The lowest BCUT2D eigenvalue weighted by molar-refractivity contribution is -0.131. The molecule has 2 aromatic rings. The summed E-state index contributed by atoms with van der Waals surface area (Å²) in [4.78, 5) is 10.4. The van der Waals surface area contributed by atoms with Crippen LogP contribution in [0.5, 0.6) is 0 Å². The highest BCUT2D eigenvalue weighted by atomic mass is 16.4. The Bertz CT molecular complexity index is 593. The number of carboxylic acids is 1. The zero-order valence-electron chi connectivity index (χ0n) is 10.4.